The summed E-state index contributed by atoms with van der Waals surface area (Å²) in [6.07, 6.45) is 2.14. The first kappa shape index (κ1) is 16.0. The normalized spacial score (nSPS) is 20.2. The van der Waals surface area contributed by atoms with Crippen LogP contribution in [-0.4, -0.2) is 55.0 Å². The van der Waals surface area contributed by atoms with E-state index >= 15 is 0 Å². The number of nitrogens with zero attached hydrogens (tertiary/aromatic N) is 2. The lowest BCUT2D eigenvalue weighted by molar-refractivity contribution is -0.134. The van der Waals surface area contributed by atoms with Crippen molar-refractivity contribution < 1.29 is 14.3 Å². The minimum Gasteiger partial charge on any atom is -0.465 e. The Labute approximate surface area is 137 Å². The first-order valence-corrected chi connectivity index (χ1v) is 8.31. The third-order valence-electron chi connectivity index (χ3n) is 4.91. The molecular weight excluding hydrogens is 292 g/mol. The second-order valence-corrected chi connectivity index (χ2v) is 6.43. The molecule has 1 atom stereocenters. The van der Waals surface area contributed by atoms with Crippen LogP contribution in [0.2, 0.25) is 0 Å². The van der Waals surface area contributed by atoms with Crippen molar-refractivity contribution in [3.05, 3.63) is 35.4 Å². The van der Waals surface area contributed by atoms with Crippen molar-refractivity contribution >= 4 is 11.9 Å². The van der Waals surface area contributed by atoms with Crippen LogP contribution in [-0.2, 0) is 9.53 Å². The summed E-state index contributed by atoms with van der Waals surface area (Å²) in [5.41, 5.74) is 1.75. The van der Waals surface area contributed by atoms with Crippen molar-refractivity contribution in [2.75, 3.05) is 33.3 Å². The average Bonchev–Trinajstić information content (AvgIpc) is 3.45. The summed E-state index contributed by atoms with van der Waals surface area (Å²) in [6, 6.07) is 7.87. The van der Waals surface area contributed by atoms with Gasteiger partial charge >= 0.3 is 5.97 Å². The van der Waals surface area contributed by atoms with E-state index in [1.165, 1.54) is 12.7 Å². The lowest BCUT2D eigenvalue weighted by Gasteiger charge is -2.38. The average molecular weight is 316 g/mol. The molecule has 0 radical (unpaired) electrons. The number of methoxy groups -OCH3 is 1. The number of hydrogen-bond donors (Lipinski definition) is 0. The zero-order valence-electron chi connectivity index (χ0n) is 13.8. The Hall–Kier alpha value is -1.88. The standard InChI is InChI=1S/C18H24N2O3/c1-13(14-3-7-16(8-4-14)18(22)23-2)19-9-11-20(12-10-19)17(21)15-5-6-15/h3-4,7-8,13,15H,5-6,9-12H2,1-2H3. The van der Waals surface area contributed by atoms with Gasteiger partial charge in [0.15, 0.2) is 0 Å². The number of hydrogen-bond acceptors (Lipinski definition) is 4. The van der Waals surface area contributed by atoms with E-state index in [1.54, 1.807) is 0 Å². The Kier molecular flexibility index (Phi) is 4.66. The minimum absolute atomic E-state index is 0.278. The Morgan fingerprint density at radius 1 is 1.09 bits per heavy atom. The molecule has 3 rings (SSSR count). The van der Waals surface area contributed by atoms with Crippen molar-refractivity contribution in [1.82, 2.24) is 9.80 Å². The van der Waals surface area contributed by atoms with Crippen LogP contribution in [0, 0.1) is 5.92 Å². The van der Waals surface area contributed by atoms with E-state index in [2.05, 4.69) is 11.8 Å². The molecule has 5 heteroatoms. The molecular formula is C18H24N2O3. The summed E-state index contributed by atoms with van der Waals surface area (Å²) in [6.45, 7) is 5.61. The van der Waals surface area contributed by atoms with Crippen LogP contribution in [0.1, 0.15) is 41.7 Å². The molecule has 1 amide bonds. The smallest absolute Gasteiger partial charge is 0.337 e. The van der Waals surface area contributed by atoms with Gasteiger partial charge in [-0.1, -0.05) is 12.1 Å². The van der Waals surface area contributed by atoms with Crippen molar-refractivity contribution in [2.24, 2.45) is 5.92 Å². The minimum atomic E-state index is -0.309. The topological polar surface area (TPSA) is 49.9 Å². The van der Waals surface area contributed by atoms with Gasteiger partial charge in [0.1, 0.15) is 0 Å². The van der Waals surface area contributed by atoms with Gasteiger partial charge in [-0.25, -0.2) is 4.79 Å². The number of esters is 1. The molecule has 2 fully saturated rings. The van der Waals surface area contributed by atoms with Crippen molar-refractivity contribution in [1.29, 1.82) is 0 Å². The van der Waals surface area contributed by atoms with Gasteiger partial charge in [0.2, 0.25) is 5.91 Å². The molecule has 1 aromatic carbocycles. The molecule has 1 unspecified atom stereocenters. The van der Waals surface area contributed by atoms with Crippen molar-refractivity contribution in [3.8, 4) is 0 Å². The van der Waals surface area contributed by atoms with Crippen LogP contribution in [0.3, 0.4) is 0 Å². The quantitative estimate of drug-likeness (QED) is 0.798. The molecule has 5 nitrogen and oxygen atoms in total. The fourth-order valence-corrected chi connectivity index (χ4v) is 3.14. The summed E-state index contributed by atoms with van der Waals surface area (Å²) in [4.78, 5) is 28.0. The fourth-order valence-electron chi connectivity index (χ4n) is 3.14. The van der Waals surface area contributed by atoms with Gasteiger partial charge in [-0.2, -0.15) is 0 Å². The number of benzene rings is 1. The lowest BCUT2D eigenvalue weighted by Crippen LogP contribution is -2.49. The summed E-state index contributed by atoms with van der Waals surface area (Å²) in [5, 5.41) is 0. The second kappa shape index (κ2) is 6.71. The van der Waals surface area contributed by atoms with Gasteiger partial charge < -0.3 is 9.64 Å². The summed E-state index contributed by atoms with van der Waals surface area (Å²) >= 11 is 0. The van der Waals surface area contributed by atoms with Crippen LogP contribution in [0.4, 0.5) is 0 Å². The highest BCUT2D eigenvalue weighted by molar-refractivity contribution is 5.89. The molecule has 0 aromatic heterocycles. The lowest BCUT2D eigenvalue weighted by atomic mass is 10.0. The van der Waals surface area contributed by atoms with Crippen molar-refractivity contribution in [2.45, 2.75) is 25.8 Å². The van der Waals surface area contributed by atoms with Crippen LogP contribution >= 0.6 is 0 Å². The first-order valence-electron chi connectivity index (χ1n) is 8.31. The zero-order valence-corrected chi connectivity index (χ0v) is 13.8. The summed E-state index contributed by atoms with van der Waals surface area (Å²) < 4.78 is 4.72. The molecule has 124 valence electrons. The molecule has 23 heavy (non-hydrogen) atoms. The van der Waals surface area contributed by atoms with Crippen LogP contribution in [0.5, 0.6) is 0 Å². The number of carbonyl (C=O) groups excluding carboxylic acids is 2. The maximum Gasteiger partial charge on any atom is 0.337 e. The third kappa shape index (κ3) is 3.55. The second-order valence-electron chi connectivity index (χ2n) is 6.43. The van der Waals surface area contributed by atoms with E-state index in [4.69, 9.17) is 4.74 Å². The van der Waals surface area contributed by atoms with Gasteiger partial charge in [0.05, 0.1) is 12.7 Å². The Morgan fingerprint density at radius 2 is 1.70 bits per heavy atom. The Bertz CT molecular complexity index is 572. The molecule has 1 saturated heterocycles. The molecule has 1 aliphatic carbocycles. The van der Waals surface area contributed by atoms with E-state index in [9.17, 15) is 9.59 Å². The van der Waals surface area contributed by atoms with E-state index in [0.29, 0.717) is 17.4 Å². The highest BCUT2D eigenvalue weighted by Crippen LogP contribution is 2.31. The van der Waals surface area contributed by atoms with E-state index < -0.39 is 0 Å². The Balaban J connectivity index is 1.57. The highest BCUT2D eigenvalue weighted by atomic mass is 16.5. The highest BCUT2D eigenvalue weighted by Gasteiger charge is 2.35. The molecule has 0 spiro atoms. The molecule has 1 saturated carbocycles. The van der Waals surface area contributed by atoms with Crippen molar-refractivity contribution in [3.63, 3.8) is 0 Å². The number of rotatable bonds is 4. The van der Waals surface area contributed by atoms with Crippen LogP contribution < -0.4 is 0 Å². The Morgan fingerprint density at radius 3 is 2.22 bits per heavy atom. The molecule has 1 heterocycles. The number of carbonyl (C=O) groups is 2. The predicted octanol–water partition coefficient (Wildman–Crippen LogP) is 2.09. The molecule has 1 aliphatic heterocycles. The largest absolute Gasteiger partial charge is 0.465 e. The monoisotopic (exact) mass is 316 g/mol. The number of amides is 1. The molecule has 1 aromatic rings. The van der Waals surface area contributed by atoms with Gasteiger partial charge in [0, 0.05) is 38.1 Å². The summed E-state index contributed by atoms with van der Waals surface area (Å²) in [5.74, 6) is 0.348. The fraction of sp³-hybridized carbons (Fsp3) is 0.556. The maximum absolute atomic E-state index is 12.1. The van der Waals surface area contributed by atoms with E-state index in [0.717, 1.165) is 39.0 Å². The summed E-state index contributed by atoms with van der Waals surface area (Å²) in [7, 11) is 1.39. The van der Waals surface area contributed by atoms with E-state index in [-0.39, 0.29) is 12.0 Å². The zero-order chi connectivity index (χ0) is 16.4. The maximum atomic E-state index is 12.1. The third-order valence-corrected chi connectivity index (χ3v) is 4.91. The van der Waals surface area contributed by atoms with Crippen LogP contribution in [0.15, 0.2) is 24.3 Å². The van der Waals surface area contributed by atoms with Gasteiger partial charge in [-0.15, -0.1) is 0 Å². The molecule has 0 bridgehead atoms. The van der Waals surface area contributed by atoms with E-state index in [1.807, 2.05) is 29.2 Å². The SMILES string of the molecule is COC(=O)c1ccc(C(C)N2CCN(C(=O)C3CC3)CC2)cc1. The predicted molar refractivity (Wildman–Crippen MR) is 87.1 cm³/mol. The van der Waals surface area contributed by atoms with Gasteiger partial charge in [-0.3, -0.25) is 9.69 Å². The molecule has 2 aliphatic rings. The van der Waals surface area contributed by atoms with Gasteiger partial charge in [-0.05, 0) is 37.5 Å². The van der Waals surface area contributed by atoms with Gasteiger partial charge in [0.25, 0.3) is 0 Å². The number of piperazine rings is 1. The molecule has 0 N–H and O–H groups in total. The van der Waals surface area contributed by atoms with Crippen LogP contribution in [0.25, 0.3) is 0 Å². The number of ether oxygens (including phenoxy) is 1. The first-order chi connectivity index (χ1) is 11.1.